The van der Waals surface area contributed by atoms with E-state index >= 15 is 0 Å². The number of pyridine rings is 1. The predicted molar refractivity (Wildman–Crippen MR) is 63.5 cm³/mol. The molecular weight excluding hydrogens is 202 g/mol. The predicted octanol–water partition coefficient (Wildman–Crippen LogP) is 1.02. The van der Waals surface area contributed by atoms with Crippen LogP contribution in [-0.4, -0.2) is 29.4 Å². The average Bonchev–Trinajstić information content (AvgIpc) is 2.30. The topological polar surface area (TPSA) is 59.2 Å². The van der Waals surface area contributed by atoms with E-state index in [9.17, 15) is 4.79 Å². The number of aromatic nitrogens is 1. The molecule has 0 aromatic carbocycles. The number of nitrogens with zero attached hydrogens (tertiary/aromatic N) is 2. The first-order chi connectivity index (χ1) is 7.63. The fraction of sp³-hybridized carbons (Fsp3) is 0.500. The Kier molecular flexibility index (Phi) is 4.92. The lowest BCUT2D eigenvalue weighted by Crippen LogP contribution is -2.29. The van der Waals surface area contributed by atoms with E-state index in [1.54, 1.807) is 18.1 Å². The summed E-state index contributed by atoms with van der Waals surface area (Å²) in [7, 11) is 1.79. The monoisotopic (exact) mass is 221 g/mol. The first-order valence-corrected chi connectivity index (χ1v) is 5.47. The van der Waals surface area contributed by atoms with Crippen molar-refractivity contribution in [1.82, 2.24) is 9.88 Å². The molecular formula is C12H19N3O. The van der Waals surface area contributed by atoms with Gasteiger partial charge in [0.25, 0.3) is 0 Å². The van der Waals surface area contributed by atoms with Crippen LogP contribution < -0.4 is 5.73 Å². The van der Waals surface area contributed by atoms with Crippen LogP contribution in [0.25, 0.3) is 0 Å². The van der Waals surface area contributed by atoms with Crippen molar-refractivity contribution in [2.24, 2.45) is 11.7 Å². The van der Waals surface area contributed by atoms with Crippen molar-refractivity contribution in [2.45, 2.75) is 19.9 Å². The number of carbonyl (C=O) groups excluding carboxylic acids is 1. The minimum atomic E-state index is 0.114. The fourth-order valence-corrected chi connectivity index (χ4v) is 1.36. The SMILES string of the molecule is CC(CN)CC(=O)N(C)Cc1ccccn1. The third kappa shape index (κ3) is 3.98. The van der Waals surface area contributed by atoms with Crippen LogP contribution in [0.4, 0.5) is 0 Å². The van der Waals surface area contributed by atoms with Crippen molar-refractivity contribution in [3.8, 4) is 0 Å². The number of rotatable bonds is 5. The lowest BCUT2D eigenvalue weighted by atomic mass is 10.1. The van der Waals surface area contributed by atoms with Gasteiger partial charge in [-0.05, 0) is 24.6 Å². The highest BCUT2D eigenvalue weighted by atomic mass is 16.2. The summed E-state index contributed by atoms with van der Waals surface area (Å²) < 4.78 is 0. The smallest absolute Gasteiger partial charge is 0.222 e. The van der Waals surface area contributed by atoms with E-state index < -0.39 is 0 Å². The number of hydrogen-bond acceptors (Lipinski definition) is 3. The Labute approximate surface area is 96.5 Å². The van der Waals surface area contributed by atoms with Gasteiger partial charge in [-0.2, -0.15) is 0 Å². The molecule has 0 aliphatic heterocycles. The molecule has 1 atom stereocenters. The molecule has 0 saturated heterocycles. The molecule has 4 nitrogen and oxygen atoms in total. The molecule has 16 heavy (non-hydrogen) atoms. The summed E-state index contributed by atoms with van der Waals surface area (Å²) in [6.07, 6.45) is 2.23. The second-order valence-electron chi connectivity index (χ2n) is 4.12. The van der Waals surface area contributed by atoms with Gasteiger partial charge < -0.3 is 10.6 Å². The van der Waals surface area contributed by atoms with Crippen molar-refractivity contribution >= 4 is 5.91 Å². The zero-order chi connectivity index (χ0) is 12.0. The first-order valence-electron chi connectivity index (χ1n) is 5.47. The van der Waals surface area contributed by atoms with Gasteiger partial charge in [0.2, 0.25) is 5.91 Å². The summed E-state index contributed by atoms with van der Waals surface area (Å²) in [5, 5.41) is 0. The largest absolute Gasteiger partial charge is 0.340 e. The molecule has 0 spiro atoms. The summed E-state index contributed by atoms with van der Waals surface area (Å²) >= 11 is 0. The standard InChI is InChI=1S/C12H19N3O/c1-10(8-13)7-12(16)15(2)9-11-5-3-4-6-14-11/h3-6,10H,7-9,13H2,1-2H3. The molecule has 0 fully saturated rings. The van der Waals surface area contributed by atoms with Gasteiger partial charge in [0.15, 0.2) is 0 Å². The molecule has 1 rings (SSSR count). The second-order valence-corrected chi connectivity index (χ2v) is 4.12. The minimum absolute atomic E-state index is 0.114. The van der Waals surface area contributed by atoms with Gasteiger partial charge in [0, 0.05) is 19.7 Å². The summed E-state index contributed by atoms with van der Waals surface area (Å²) in [5.41, 5.74) is 6.39. The Morgan fingerprint density at radius 3 is 2.88 bits per heavy atom. The minimum Gasteiger partial charge on any atom is -0.340 e. The maximum absolute atomic E-state index is 11.8. The first kappa shape index (κ1) is 12.6. The van der Waals surface area contributed by atoms with Crippen molar-refractivity contribution in [1.29, 1.82) is 0 Å². The molecule has 1 amide bonds. The molecule has 2 N–H and O–H groups in total. The van der Waals surface area contributed by atoms with E-state index in [1.165, 1.54) is 0 Å². The Morgan fingerprint density at radius 2 is 2.31 bits per heavy atom. The Bertz CT molecular complexity index is 326. The van der Waals surface area contributed by atoms with Crippen LogP contribution in [0.1, 0.15) is 19.0 Å². The van der Waals surface area contributed by atoms with Gasteiger partial charge >= 0.3 is 0 Å². The van der Waals surface area contributed by atoms with Gasteiger partial charge in [0.05, 0.1) is 12.2 Å². The third-order valence-corrected chi connectivity index (χ3v) is 2.48. The third-order valence-electron chi connectivity index (χ3n) is 2.48. The molecule has 1 unspecified atom stereocenters. The van der Waals surface area contributed by atoms with Gasteiger partial charge in [-0.25, -0.2) is 0 Å². The molecule has 4 heteroatoms. The molecule has 0 aliphatic carbocycles. The van der Waals surface area contributed by atoms with E-state index in [4.69, 9.17) is 5.73 Å². The number of carbonyl (C=O) groups is 1. The van der Waals surface area contributed by atoms with E-state index in [2.05, 4.69) is 4.98 Å². The van der Waals surface area contributed by atoms with E-state index in [0.717, 1.165) is 5.69 Å². The summed E-state index contributed by atoms with van der Waals surface area (Å²) in [6.45, 7) is 3.08. The van der Waals surface area contributed by atoms with Crippen LogP contribution >= 0.6 is 0 Å². The van der Waals surface area contributed by atoms with E-state index in [-0.39, 0.29) is 11.8 Å². The van der Waals surface area contributed by atoms with Crippen molar-refractivity contribution in [2.75, 3.05) is 13.6 Å². The van der Waals surface area contributed by atoms with Crippen molar-refractivity contribution < 1.29 is 4.79 Å². The van der Waals surface area contributed by atoms with Crippen LogP contribution in [0.3, 0.4) is 0 Å². The molecule has 1 heterocycles. The number of hydrogen-bond donors (Lipinski definition) is 1. The summed E-state index contributed by atoms with van der Waals surface area (Å²) in [4.78, 5) is 17.6. The zero-order valence-corrected chi connectivity index (χ0v) is 9.89. The highest BCUT2D eigenvalue weighted by Crippen LogP contribution is 2.05. The normalized spacial score (nSPS) is 12.2. The maximum Gasteiger partial charge on any atom is 0.222 e. The average molecular weight is 221 g/mol. The molecule has 0 radical (unpaired) electrons. The van der Waals surface area contributed by atoms with Gasteiger partial charge in [-0.15, -0.1) is 0 Å². The van der Waals surface area contributed by atoms with Crippen LogP contribution in [-0.2, 0) is 11.3 Å². The highest BCUT2D eigenvalue weighted by molar-refractivity contribution is 5.76. The zero-order valence-electron chi connectivity index (χ0n) is 9.89. The van der Waals surface area contributed by atoms with Crippen LogP contribution in [0.5, 0.6) is 0 Å². The van der Waals surface area contributed by atoms with Gasteiger partial charge in [0.1, 0.15) is 0 Å². The Hall–Kier alpha value is -1.42. The van der Waals surface area contributed by atoms with Gasteiger partial charge in [-0.1, -0.05) is 13.0 Å². The van der Waals surface area contributed by atoms with Crippen LogP contribution in [0.2, 0.25) is 0 Å². The van der Waals surface area contributed by atoms with E-state index in [0.29, 0.717) is 19.5 Å². The molecule has 1 aromatic heterocycles. The molecule has 0 bridgehead atoms. The van der Waals surface area contributed by atoms with Crippen LogP contribution in [0, 0.1) is 5.92 Å². The Balaban J connectivity index is 2.46. The molecule has 0 saturated carbocycles. The Morgan fingerprint density at radius 1 is 1.56 bits per heavy atom. The summed E-state index contributed by atoms with van der Waals surface area (Å²) in [6, 6.07) is 5.70. The molecule has 0 aliphatic rings. The summed E-state index contributed by atoms with van der Waals surface area (Å²) in [5.74, 6) is 0.349. The molecule has 1 aromatic rings. The van der Waals surface area contributed by atoms with E-state index in [1.807, 2.05) is 25.1 Å². The highest BCUT2D eigenvalue weighted by Gasteiger charge is 2.12. The quantitative estimate of drug-likeness (QED) is 0.807. The van der Waals surface area contributed by atoms with Gasteiger partial charge in [-0.3, -0.25) is 9.78 Å². The van der Waals surface area contributed by atoms with Crippen molar-refractivity contribution in [3.63, 3.8) is 0 Å². The lowest BCUT2D eigenvalue weighted by molar-refractivity contribution is -0.131. The number of nitrogens with two attached hydrogens (primary N) is 1. The second kappa shape index (κ2) is 6.23. The fourth-order valence-electron chi connectivity index (χ4n) is 1.36. The van der Waals surface area contributed by atoms with Crippen LogP contribution in [0.15, 0.2) is 24.4 Å². The maximum atomic E-state index is 11.8. The number of amides is 1. The lowest BCUT2D eigenvalue weighted by Gasteiger charge is -2.18. The van der Waals surface area contributed by atoms with Crippen molar-refractivity contribution in [3.05, 3.63) is 30.1 Å². The molecule has 88 valence electrons.